The van der Waals surface area contributed by atoms with Gasteiger partial charge in [-0.15, -0.1) is 0 Å². The Bertz CT molecular complexity index is 322. The molecule has 0 saturated carbocycles. The van der Waals surface area contributed by atoms with E-state index in [-0.39, 0.29) is 6.04 Å². The molecule has 0 saturated heterocycles. The molecule has 1 aromatic carbocycles. The molecule has 0 heterocycles. The molecule has 0 bridgehead atoms. The molecule has 0 aliphatic rings. The molecular weight excluding hydrogens is 243 g/mol. The van der Waals surface area contributed by atoms with Crippen LogP contribution in [0.4, 0.5) is 0 Å². The Labute approximate surface area is 107 Å². The molecule has 0 amide bonds. The third-order valence-electron chi connectivity index (χ3n) is 2.60. The van der Waals surface area contributed by atoms with Gasteiger partial charge in [0.1, 0.15) is 0 Å². The molecule has 0 aliphatic heterocycles. The van der Waals surface area contributed by atoms with E-state index in [9.17, 15) is 0 Å². The standard InChI is InChI=1S/C12H18Cl2N2/c1-3-4-16(2)12(8-15)9-5-10(13)7-11(14)6-9/h5-7,12H,3-4,8,15H2,1-2H3. The van der Waals surface area contributed by atoms with Crippen molar-refractivity contribution in [2.24, 2.45) is 5.73 Å². The number of hydrogen-bond acceptors (Lipinski definition) is 2. The van der Waals surface area contributed by atoms with Crippen LogP contribution in [0.3, 0.4) is 0 Å². The number of likely N-dealkylation sites (N-methyl/N-ethyl adjacent to an activating group) is 1. The fourth-order valence-electron chi connectivity index (χ4n) is 1.85. The first-order valence-electron chi connectivity index (χ1n) is 5.44. The largest absolute Gasteiger partial charge is 0.329 e. The molecule has 0 aromatic heterocycles. The highest BCUT2D eigenvalue weighted by atomic mass is 35.5. The summed E-state index contributed by atoms with van der Waals surface area (Å²) in [4.78, 5) is 2.22. The second-order valence-electron chi connectivity index (χ2n) is 3.93. The molecular formula is C12H18Cl2N2. The minimum atomic E-state index is 0.177. The summed E-state index contributed by atoms with van der Waals surface area (Å²) in [6.45, 7) is 3.72. The predicted molar refractivity (Wildman–Crippen MR) is 71.2 cm³/mol. The van der Waals surface area contributed by atoms with Crippen LogP contribution in [-0.4, -0.2) is 25.0 Å². The number of hydrogen-bond donors (Lipinski definition) is 1. The highest BCUT2D eigenvalue weighted by molar-refractivity contribution is 6.34. The molecule has 0 spiro atoms. The van der Waals surface area contributed by atoms with Crippen LogP contribution in [0, 0.1) is 0 Å². The molecule has 90 valence electrons. The van der Waals surface area contributed by atoms with Crippen molar-refractivity contribution in [1.29, 1.82) is 0 Å². The molecule has 1 aromatic rings. The molecule has 0 radical (unpaired) electrons. The molecule has 1 atom stereocenters. The minimum Gasteiger partial charge on any atom is -0.329 e. The molecule has 0 aliphatic carbocycles. The highest BCUT2D eigenvalue weighted by Gasteiger charge is 2.15. The lowest BCUT2D eigenvalue weighted by atomic mass is 10.1. The predicted octanol–water partition coefficient (Wildman–Crippen LogP) is 3.34. The molecule has 0 fully saturated rings. The average molecular weight is 261 g/mol. The Hall–Kier alpha value is -0.280. The van der Waals surface area contributed by atoms with Crippen LogP contribution >= 0.6 is 23.2 Å². The van der Waals surface area contributed by atoms with Gasteiger partial charge >= 0.3 is 0 Å². The van der Waals surface area contributed by atoms with Gasteiger partial charge in [-0.2, -0.15) is 0 Å². The van der Waals surface area contributed by atoms with Gasteiger partial charge in [0.2, 0.25) is 0 Å². The Morgan fingerprint density at radius 1 is 1.25 bits per heavy atom. The Kier molecular flexibility index (Phi) is 5.56. The first-order chi connectivity index (χ1) is 7.58. The molecule has 2 nitrogen and oxygen atoms in total. The SMILES string of the molecule is CCCN(C)C(CN)c1cc(Cl)cc(Cl)c1. The Balaban J connectivity index is 2.94. The summed E-state index contributed by atoms with van der Waals surface area (Å²) in [5.41, 5.74) is 6.89. The summed E-state index contributed by atoms with van der Waals surface area (Å²) in [5.74, 6) is 0. The van der Waals surface area contributed by atoms with Crippen molar-refractivity contribution in [2.75, 3.05) is 20.1 Å². The van der Waals surface area contributed by atoms with Crippen LogP contribution in [-0.2, 0) is 0 Å². The maximum absolute atomic E-state index is 5.99. The molecule has 1 rings (SSSR count). The maximum Gasteiger partial charge on any atom is 0.0468 e. The van der Waals surface area contributed by atoms with E-state index in [1.165, 1.54) is 0 Å². The maximum atomic E-state index is 5.99. The third-order valence-corrected chi connectivity index (χ3v) is 3.04. The van der Waals surface area contributed by atoms with Crippen molar-refractivity contribution in [3.05, 3.63) is 33.8 Å². The van der Waals surface area contributed by atoms with Gasteiger partial charge in [-0.25, -0.2) is 0 Å². The summed E-state index contributed by atoms with van der Waals surface area (Å²) in [6.07, 6.45) is 1.10. The van der Waals surface area contributed by atoms with Gasteiger partial charge in [0.15, 0.2) is 0 Å². The first kappa shape index (κ1) is 13.8. The van der Waals surface area contributed by atoms with Crippen molar-refractivity contribution in [3.8, 4) is 0 Å². The van der Waals surface area contributed by atoms with Gasteiger partial charge in [0.05, 0.1) is 0 Å². The van der Waals surface area contributed by atoms with Crippen LogP contribution in [0.5, 0.6) is 0 Å². The number of nitrogens with zero attached hydrogens (tertiary/aromatic N) is 1. The van der Waals surface area contributed by atoms with E-state index < -0.39 is 0 Å². The van der Waals surface area contributed by atoms with E-state index in [0.717, 1.165) is 18.5 Å². The fourth-order valence-corrected chi connectivity index (χ4v) is 2.39. The van der Waals surface area contributed by atoms with Crippen LogP contribution in [0.25, 0.3) is 0 Å². The normalized spacial score (nSPS) is 13.1. The number of halogens is 2. The van der Waals surface area contributed by atoms with E-state index in [2.05, 4.69) is 18.9 Å². The first-order valence-corrected chi connectivity index (χ1v) is 6.20. The zero-order chi connectivity index (χ0) is 12.1. The van der Waals surface area contributed by atoms with Crippen molar-refractivity contribution >= 4 is 23.2 Å². The zero-order valence-corrected chi connectivity index (χ0v) is 11.2. The van der Waals surface area contributed by atoms with Gasteiger partial charge in [-0.05, 0) is 43.8 Å². The molecule has 16 heavy (non-hydrogen) atoms. The van der Waals surface area contributed by atoms with Crippen LogP contribution in [0.15, 0.2) is 18.2 Å². The summed E-state index contributed by atoms with van der Waals surface area (Å²) in [7, 11) is 2.07. The third kappa shape index (κ3) is 3.63. The smallest absolute Gasteiger partial charge is 0.0468 e. The van der Waals surface area contributed by atoms with Gasteiger partial charge in [0.25, 0.3) is 0 Å². The van der Waals surface area contributed by atoms with Crippen LogP contribution in [0.1, 0.15) is 24.9 Å². The van der Waals surface area contributed by atoms with Crippen LogP contribution < -0.4 is 5.73 Å². The lowest BCUT2D eigenvalue weighted by molar-refractivity contribution is 0.251. The fraction of sp³-hybridized carbons (Fsp3) is 0.500. The van der Waals surface area contributed by atoms with Crippen molar-refractivity contribution < 1.29 is 0 Å². The summed E-state index contributed by atoms with van der Waals surface area (Å²) in [6, 6.07) is 5.77. The number of rotatable bonds is 5. The van der Waals surface area contributed by atoms with E-state index >= 15 is 0 Å². The average Bonchev–Trinajstić information content (AvgIpc) is 2.17. The van der Waals surface area contributed by atoms with Crippen molar-refractivity contribution in [3.63, 3.8) is 0 Å². The summed E-state index contributed by atoms with van der Waals surface area (Å²) < 4.78 is 0. The van der Waals surface area contributed by atoms with E-state index in [4.69, 9.17) is 28.9 Å². The van der Waals surface area contributed by atoms with Gasteiger partial charge in [-0.1, -0.05) is 30.1 Å². The number of nitrogens with two attached hydrogens (primary N) is 1. The Morgan fingerprint density at radius 3 is 2.25 bits per heavy atom. The highest BCUT2D eigenvalue weighted by Crippen LogP contribution is 2.26. The lowest BCUT2D eigenvalue weighted by Gasteiger charge is -2.27. The minimum absolute atomic E-state index is 0.177. The second-order valence-corrected chi connectivity index (χ2v) is 4.81. The quantitative estimate of drug-likeness (QED) is 0.880. The lowest BCUT2D eigenvalue weighted by Crippen LogP contribution is -2.31. The summed E-state index contributed by atoms with van der Waals surface area (Å²) >= 11 is 12.0. The van der Waals surface area contributed by atoms with Gasteiger partial charge in [-0.3, -0.25) is 4.90 Å². The van der Waals surface area contributed by atoms with Crippen molar-refractivity contribution in [2.45, 2.75) is 19.4 Å². The molecule has 4 heteroatoms. The molecule has 1 unspecified atom stereocenters. The van der Waals surface area contributed by atoms with E-state index in [0.29, 0.717) is 16.6 Å². The topological polar surface area (TPSA) is 29.3 Å². The van der Waals surface area contributed by atoms with Crippen LogP contribution in [0.2, 0.25) is 10.0 Å². The Morgan fingerprint density at radius 2 is 1.81 bits per heavy atom. The van der Waals surface area contributed by atoms with E-state index in [1.807, 2.05) is 12.1 Å². The number of benzene rings is 1. The molecule has 2 N–H and O–H groups in total. The zero-order valence-electron chi connectivity index (χ0n) is 9.71. The second kappa shape index (κ2) is 6.45. The van der Waals surface area contributed by atoms with Gasteiger partial charge in [0, 0.05) is 22.6 Å². The van der Waals surface area contributed by atoms with Gasteiger partial charge < -0.3 is 5.73 Å². The summed E-state index contributed by atoms with van der Waals surface area (Å²) in [5, 5.41) is 1.32. The van der Waals surface area contributed by atoms with E-state index in [1.54, 1.807) is 6.07 Å². The van der Waals surface area contributed by atoms with Crippen molar-refractivity contribution in [1.82, 2.24) is 4.90 Å². The monoisotopic (exact) mass is 260 g/mol.